The minimum absolute atomic E-state index is 0.0404. The van der Waals surface area contributed by atoms with Gasteiger partial charge in [0.05, 0.1) is 13.2 Å². The van der Waals surface area contributed by atoms with Gasteiger partial charge in [-0.15, -0.1) is 10.2 Å². The van der Waals surface area contributed by atoms with Crippen molar-refractivity contribution in [3.63, 3.8) is 0 Å². The minimum Gasteiger partial charge on any atom is -0.496 e. The highest BCUT2D eigenvalue weighted by atomic mass is 16.5. The fraction of sp³-hybridized carbons (Fsp3) is 0.385. The van der Waals surface area contributed by atoms with Crippen LogP contribution in [0.3, 0.4) is 0 Å². The van der Waals surface area contributed by atoms with Crippen molar-refractivity contribution in [2.24, 2.45) is 0 Å². The summed E-state index contributed by atoms with van der Waals surface area (Å²) in [5, 5.41) is 11.1. The van der Waals surface area contributed by atoms with E-state index in [2.05, 4.69) is 15.5 Å². The van der Waals surface area contributed by atoms with Gasteiger partial charge in [0.25, 0.3) is 0 Å². The third-order valence-corrected chi connectivity index (χ3v) is 2.90. The molecule has 0 amide bonds. The maximum atomic E-state index is 5.62. The lowest BCUT2D eigenvalue weighted by Gasteiger charge is -2.05. The van der Waals surface area contributed by atoms with Crippen LogP contribution in [0.25, 0.3) is 11.5 Å². The molecule has 1 aromatic carbocycles. The van der Waals surface area contributed by atoms with Gasteiger partial charge >= 0.3 is 0 Å². The Labute approximate surface area is 106 Å². The maximum Gasteiger partial charge on any atom is 0.247 e. The van der Waals surface area contributed by atoms with Gasteiger partial charge in [-0.25, -0.2) is 0 Å². The zero-order chi connectivity index (χ0) is 13.1. The Morgan fingerprint density at radius 3 is 2.78 bits per heavy atom. The topological polar surface area (TPSA) is 60.2 Å². The maximum absolute atomic E-state index is 5.62. The summed E-state index contributed by atoms with van der Waals surface area (Å²) < 4.78 is 10.9. The first-order valence-corrected chi connectivity index (χ1v) is 5.81. The third-order valence-electron chi connectivity index (χ3n) is 2.90. The monoisotopic (exact) mass is 247 g/mol. The highest BCUT2D eigenvalue weighted by Crippen LogP contribution is 2.26. The van der Waals surface area contributed by atoms with Crippen LogP contribution < -0.4 is 10.1 Å². The molecule has 0 spiro atoms. The molecule has 1 heterocycles. The first-order valence-electron chi connectivity index (χ1n) is 5.81. The molecule has 0 radical (unpaired) electrons. The predicted molar refractivity (Wildman–Crippen MR) is 68.5 cm³/mol. The Kier molecular flexibility index (Phi) is 3.62. The number of hydrogen-bond acceptors (Lipinski definition) is 5. The zero-order valence-electron chi connectivity index (χ0n) is 11.0. The summed E-state index contributed by atoms with van der Waals surface area (Å²) in [5.74, 6) is 1.89. The van der Waals surface area contributed by atoms with Gasteiger partial charge in [-0.3, -0.25) is 0 Å². The Bertz CT molecular complexity index is 537. The van der Waals surface area contributed by atoms with Gasteiger partial charge < -0.3 is 14.5 Å². The summed E-state index contributed by atoms with van der Waals surface area (Å²) >= 11 is 0. The minimum atomic E-state index is 0.0404. The van der Waals surface area contributed by atoms with E-state index >= 15 is 0 Å². The predicted octanol–water partition coefficient (Wildman–Crippen LogP) is 2.33. The first kappa shape index (κ1) is 12.6. The number of nitrogens with one attached hydrogen (secondary N) is 1. The van der Waals surface area contributed by atoms with Gasteiger partial charge in [0.1, 0.15) is 5.75 Å². The molecular formula is C13H17N3O2. The number of rotatable bonds is 4. The largest absolute Gasteiger partial charge is 0.496 e. The molecule has 2 rings (SSSR count). The molecule has 0 aliphatic carbocycles. The van der Waals surface area contributed by atoms with Gasteiger partial charge in [-0.05, 0) is 38.6 Å². The van der Waals surface area contributed by atoms with E-state index in [1.807, 2.05) is 39.1 Å². The highest BCUT2D eigenvalue weighted by Gasteiger charge is 2.14. The molecule has 5 nitrogen and oxygen atoms in total. The number of aromatic nitrogens is 2. The van der Waals surface area contributed by atoms with E-state index in [-0.39, 0.29) is 6.04 Å². The molecule has 5 heteroatoms. The second kappa shape index (κ2) is 5.18. The van der Waals surface area contributed by atoms with Crippen molar-refractivity contribution < 1.29 is 9.15 Å². The number of methoxy groups -OCH3 is 1. The van der Waals surface area contributed by atoms with E-state index in [9.17, 15) is 0 Å². The van der Waals surface area contributed by atoms with Gasteiger partial charge in [0.15, 0.2) is 0 Å². The van der Waals surface area contributed by atoms with Crippen LogP contribution in [0.4, 0.5) is 0 Å². The lowest BCUT2D eigenvalue weighted by atomic mass is 10.1. The van der Waals surface area contributed by atoms with Crippen LogP contribution >= 0.6 is 0 Å². The second-order valence-corrected chi connectivity index (χ2v) is 4.14. The molecule has 0 saturated carbocycles. The van der Waals surface area contributed by atoms with Crippen LogP contribution in [0.5, 0.6) is 5.75 Å². The number of hydrogen-bond donors (Lipinski definition) is 1. The van der Waals surface area contributed by atoms with Crippen molar-refractivity contribution in [3.8, 4) is 17.2 Å². The Morgan fingerprint density at radius 2 is 2.11 bits per heavy atom. The fourth-order valence-corrected chi connectivity index (χ4v) is 1.60. The van der Waals surface area contributed by atoms with E-state index in [1.165, 1.54) is 0 Å². The van der Waals surface area contributed by atoms with E-state index in [0.29, 0.717) is 11.8 Å². The van der Waals surface area contributed by atoms with E-state index < -0.39 is 0 Å². The molecule has 1 N–H and O–H groups in total. The SMILES string of the molecule is CNC(C)c1nnc(-c2ccc(C)c(OC)c2)o1. The van der Waals surface area contributed by atoms with E-state index in [0.717, 1.165) is 16.9 Å². The molecule has 1 unspecified atom stereocenters. The molecular weight excluding hydrogens is 230 g/mol. The summed E-state index contributed by atoms with van der Waals surface area (Å²) in [7, 11) is 3.50. The number of benzene rings is 1. The number of ether oxygens (including phenoxy) is 1. The second-order valence-electron chi connectivity index (χ2n) is 4.14. The summed E-state index contributed by atoms with van der Waals surface area (Å²) in [6.07, 6.45) is 0. The lowest BCUT2D eigenvalue weighted by Crippen LogP contribution is -2.12. The van der Waals surface area contributed by atoms with Crippen LogP contribution in [-0.2, 0) is 0 Å². The number of nitrogens with zero attached hydrogens (tertiary/aromatic N) is 2. The smallest absolute Gasteiger partial charge is 0.247 e. The van der Waals surface area contributed by atoms with Crippen molar-refractivity contribution in [1.82, 2.24) is 15.5 Å². The van der Waals surface area contributed by atoms with Crippen molar-refractivity contribution in [2.45, 2.75) is 19.9 Å². The normalized spacial score (nSPS) is 12.4. The quantitative estimate of drug-likeness (QED) is 0.898. The molecule has 1 atom stereocenters. The average Bonchev–Trinajstić information content (AvgIpc) is 2.88. The van der Waals surface area contributed by atoms with E-state index in [1.54, 1.807) is 7.11 Å². The zero-order valence-corrected chi connectivity index (χ0v) is 11.0. The summed E-state index contributed by atoms with van der Waals surface area (Å²) in [6, 6.07) is 5.86. The molecule has 0 aliphatic heterocycles. The standard InChI is InChI=1S/C13H17N3O2/c1-8-5-6-10(7-11(8)17-4)13-16-15-12(18-13)9(2)14-3/h5-7,9,14H,1-4H3. The summed E-state index contributed by atoms with van der Waals surface area (Å²) in [5.41, 5.74) is 1.93. The van der Waals surface area contributed by atoms with Crippen molar-refractivity contribution in [3.05, 3.63) is 29.7 Å². The molecule has 0 saturated heterocycles. The van der Waals surface area contributed by atoms with Crippen molar-refractivity contribution in [1.29, 1.82) is 0 Å². The lowest BCUT2D eigenvalue weighted by molar-refractivity contribution is 0.411. The first-order chi connectivity index (χ1) is 8.65. The van der Waals surface area contributed by atoms with Crippen LogP contribution in [0, 0.1) is 6.92 Å². The van der Waals surface area contributed by atoms with Gasteiger partial charge in [-0.2, -0.15) is 0 Å². The van der Waals surface area contributed by atoms with Crippen LogP contribution in [0.2, 0.25) is 0 Å². The summed E-state index contributed by atoms with van der Waals surface area (Å²) in [6.45, 7) is 3.96. The van der Waals surface area contributed by atoms with Crippen LogP contribution in [-0.4, -0.2) is 24.4 Å². The average molecular weight is 247 g/mol. The van der Waals surface area contributed by atoms with E-state index in [4.69, 9.17) is 9.15 Å². The summed E-state index contributed by atoms with van der Waals surface area (Å²) in [4.78, 5) is 0. The van der Waals surface area contributed by atoms with Crippen LogP contribution in [0.15, 0.2) is 22.6 Å². The number of aryl methyl sites for hydroxylation is 1. The molecule has 18 heavy (non-hydrogen) atoms. The van der Waals surface area contributed by atoms with Crippen molar-refractivity contribution >= 4 is 0 Å². The molecule has 2 aromatic rings. The molecule has 0 bridgehead atoms. The third kappa shape index (κ3) is 2.36. The highest BCUT2D eigenvalue weighted by molar-refractivity contribution is 5.57. The van der Waals surface area contributed by atoms with Gasteiger partial charge in [-0.1, -0.05) is 6.07 Å². The molecule has 1 aromatic heterocycles. The van der Waals surface area contributed by atoms with Gasteiger partial charge in [0.2, 0.25) is 11.8 Å². The van der Waals surface area contributed by atoms with Gasteiger partial charge in [0, 0.05) is 5.56 Å². The molecule has 0 fully saturated rings. The fourth-order valence-electron chi connectivity index (χ4n) is 1.60. The Morgan fingerprint density at radius 1 is 1.33 bits per heavy atom. The van der Waals surface area contributed by atoms with Crippen molar-refractivity contribution in [2.75, 3.05) is 14.2 Å². The van der Waals surface area contributed by atoms with Crippen LogP contribution in [0.1, 0.15) is 24.4 Å². The Hall–Kier alpha value is -1.88. The Balaban J connectivity index is 2.34. The molecule has 96 valence electrons. The molecule has 0 aliphatic rings.